The Bertz CT molecular complexity index is 1310. The van der Waals surface area contributed by atoms with Crippen molar-refractivity contribution < 1.29 is 9.59 Å². The van der Waals surface area contributed by atoms with Crippen LogP contribution < -0.4 is 10.2 Å². The lowest BCUT2D eigenvalue weighted by molar-refractivity contribution is 0.0984. The zero-order valence-electron chi connectivity index (χ0n) is 18.3. The molecule has 4 aromatic rings. The van der Waals surface area contributed by atoms with Gasteiger partial charge >= 0.3 is 0 Å². The average Bonchev–Trinajstić information content (AvgIpc) is 3.21. The minimum absolute atomic E-state index is 0.0988. The molecular weight excluding hydrogens is 412 g/mol. The second-order valence-corrected chi connectivity index (χ2v) is 7.99. The van der Waals surface area contributed by atoms with E-state index in [2.05, 4.69) is 17.2 Å². The van der Waals surface area contributed by atoms with Crippen molar-refractivity contribution in [2.45, 2.75) is 19.8 Å². The molecule has 0 atom stereocenters. The Hall–Kier alpha value is -4.19. The zero-order chi connectivity index (χ0) is 22.8. The van der Waals surface area contributed by atoms with E-state index in [1.54, 1.807) is 29.2 Å². The van der Waals surface area contributed by atoms with Crippen LogP contribution in [0.3, 0.4) is 0 Å². The minimum atomic E-state index is -0.211. The highest BCUT2D eigenvalue weighted by molar-refractivity contribution is 6.09. The van der Waals surface area contributed by atoms with Crippen LogP contribution in [0.2, 0.25) is 0 Å². The van der Waals surface area contributed by atoms with Crippen molar-refractivity contribution in [3.8, 4) is 11.3 Å². The molecule has 1 aliphatic heterocycles. The maximum absolute atomic E-state index is 13.5. The van der Waals surface area contributed by atoms with Crippen molar-refractivity contribution in [1.82, 2.24) is 9.97 Å². The third-order valence-corrected chi connectivity index (χ3v) is 5.87. The molecule has 0 aliphatic carbocycles. The first-order valence-corrected chi connectivity index (χ1v) is 11.1. The van der Waals surface area contributed by atoms with Gasteiger partial charge in [-0.05, 0) is 42.5 Å². The Balaban J connectivity index is 1.40. The number of aryl methyl sites for hydroxylation is 1. The molecule has 0 bridgehead atoms. The second kappa shape index (κ2) is 8.74. The number of aromatic nitrogens is 2. The van der Waals surface area contributed by atoms with Crippen molar-refractivity contribution in [2.75, 3.05) is 16.8 Å². The van der Waals surface area contributed by atoms with Crippen LogP contribution in [0.5, 0.6) is 0 Å². The standard InChI is InChI=1S/C27H24N4O2/c1-2-24-29-22-16-17-31(23-11-7-6-10-21(23)25(22)30-24)27(33)19-14-12-18(13-15-19)26(32)28-20-8-4-3-5-9-20/h3-15H,2,16-17H2,1H3,(H,28,32)(H,29,30). The van der Waals surface area contributed by atoms with Gasteiger partial charge in [-0.2, -0.15) is 0 Å². The van der Waals surface area contributed by atoms with E-state index in [-0.39, 0.29) is 11.8 Å². The van der Waals surface area contributed by atoms with Crippen LogP contribution >= 0.6 is 0 Å². The van der Waals surface area contributed by atoms with Crippen molar-refractivity contribution in [2.24, 2.45) is 0 Å². The monoisotopic (exact) mass is 436 g/mol. The van der Waals surface area contributed by atoms with Crippen LogP contribution in [0.1, 0.15) is 39.2 Å². The number of rotatable bonds is 4. The van der Waals surface area contributed by atoms with Gasteiger partial charge in [0, 0.05) is 47.5 Å². The molecule has 1 aromatic heterocycles. The molecule has 2 N–H and O–H groups in total. The SMILES string of the molecule is CCc1nc2c([nH]1)CCN(C(=O)c1ccc(C(=O)Nc3ccccc3)cc1)c1ccccc1-2. The number of carbonyl (C=O) groups excluding carboxylic acids is 2. The lowest BCUT2D eigenvalue weighted by atomic mass is 10.1. The van der Waals surface area contributed by atoms with Gasteiger partial charge in [0.15, 0.2) is 0 Å². The Morgan fingerprint density at radius 3 is 2.39 bits per heavy atom. The van der Waals surface area contributed by atoms with E-state index < -0.39 is 0 Å². The number of benzene rings is 3. The van der Waals surface area contributed by atoms with Crippen LogP contribution in [0.25, 0.3) is 11.3 Å². The van der Waals surface area contributed by atoms with Crippen LogP contribution in [-0.4, -0.2) is 28.3 Å². The molecular formula is C27H24N4O2. The van der Waals surface area contributed by atoms with Crippen molar-refractivity contribution in [3.05, 3.63) is 102 Å². The third kappa shape index (κ3) is 4.03. The molecule has 0 saturated heterocycles. The minimum Gasteiger partial charge on any atom is -0.345 e. The summed E-state index contributed by atoms with van der Waals surface area (Å²) >= 11 is 0. The number of amides is 2. The summed E-state index contributed by atoms with van der Waals surface area (Å²) in [4.78, 5) is 36.0. The first-order chi connectivity index (χ1) is 16.1. The summed E-state index contributed by atoms with van der Waals surface area (Å²) in [6.45, 7) is 2.62. The van der Waals surface area contributed by atoms with Crippen molar-refractivity contribution in [3.63, 3.8) is 0 Å². The van der Waals surface area contributed by atoms with Gasteiger partial charge in [-0.3, -0.25) is 9.59 Å². The lowest BCUT2D eigenvalue weighted by Crippen LogP contribution is -2.32. The quantitative estimate of drug-likeness (QED) is 0.468. The highest BCUT2D eigenvalue weighted by Gasteiger charge is 2.27. The molecule has 0 spiro atoms. The molecule has 6 heteroatoms. The van der Waals surface area contributed by atoms with Crippen LogP contribution in [0.4, 0.5) is 11.4 Å². The van der Waals surface area contributed by atoms with Gasteiger partial charge in [0.05, 0.1) is 11.4 Å². The molecule has 33 heavy (non-hydrogen) atoms. The number of fused-ring (bicyclic) bond motifs is 3. The zero-order valence-corrected chi connectivity index (χ0v) is 18.3. The fraction of sp³-hybridized carbons (Fsp3) is 0.148. The normalized spacial score (nSPS) is 12.5. The number of hydrogen-bond acceptors (Lipinski definition) is 3. The van der Waals surface area contributed by atoms with E-state index >= 15 is 0 Å². The molecule has 2 heterocycles. The molecule has 0 unspecified atom stereocenters. The maximum atomic E-state index is 13.5. The van der Waals surface area contributed by atoms with Gasteiger partial charge in [-0.25, -0.2) is 4.98 Å². The highest BCUT2D eigenvalue weighted by Crippen LogP contribution is 2.35. The molecule has 1 aliphatic rings. The smallest absolute Gasteiger partial charge is 0.258 e. The number of nitrogens with zero attached hydrogens (tertiary/aromatic N) is 2. The molecule has 0 fully saturated rings. The van der Waals surface area contributed by atoms with E-state index in [9.17, 15) is 9.59 Å². The number of H-pyrrole nitrogens is 1. The number of carbonyl (C=O) groups is 2. The first-order valence-electron chi connectivity index (χ1n) is 11.1. The summed E-state index contributed by atoms with van der Waals surface area (Å²) in [5.41, 5.74) is 5.54. The summed E-state index contributed by atoms with van der Waals surface area (Å²) in [6.07, 6.45) is 1.53. The fourth-order valence-electron chi connectivity index (χ4n) is 4.14. The number of para-hydroxylation sites is 2. The summed E-state index contributed by atoms with van der Waals surface area (Å²) < 4.78 is 0. The molecule has 5 rings (SSSR count). The molecule has 0 radical (unpaired) electrons. The van der Waals surface area contributed by atoms with Gasteiger partial charge in [0.2, 0.25) is 0 Å². The first kappa shape index (κ1) is 20.7. The summed E-state index contributed by atoms with van der Waals surface area (Å²) in [7, 11) is 0. The maximum Gasteiger partial charge on any atom is 0.258 e. The Kier molecular flexibility index (Phi) is 5.48. The lowest BCUT2D eigenvalue weighted by Gasteiger charge is -2.23. The van der Waals surface area contributed by atoms with Gasteiger partial charge < -0.3 is 15.2 Å². The number of imidazole rings is 1. The molecule has 164 valence electrons. The molecule has 6 nitrogen and oxygen atoms in total. The second-order valence-electron chi connectivity index (χ2n) is 7.99. The number of aromatic amines is 1. The number of anilines is 2. The van der Waals surface area contributed by atoms with Crippen molar-refractivity contribution >= 4 is 23.2 Å². The van der Waals surface area contributed by atoms with Gasteiger partial charge in [-0.1, -0.05) is 43.3 Å². The van der Waals surface area contributed by atoms with E-state index in [1.807, 2.05) is 54.6 Å². The predicted octanol–water partition coefficient (Wildman–Crippen LogP) is 5.09. The van der Waals surface area contributed by atoms with E-state index in [0.29, 0.717) is 24.1 Å². The summed E-state index contributed by atoms with van der Waals surface area (Å²) in [5, 5.41) is 2.86. The molecule has 2 amide bonds. The average molecular weight is 437 g/mol. The Labute approximate surface area is 192 Å². The predicted molar refractivity (Wildman–Crippen MR) is 130 cm³/mol. The van der Waals surface area contributed by atoms with Gasteiger partial charge in [0.25, 0.3) is 11.8 Å². The van der Waals surface area contributed by atoms with E-state index in [4.69, 9.17) is 4.98 Å². The van der Waals surface area contributed by atoms with Crippen LogP contribution in [0.15, 0.2) is 78.9 Å². The third-order valence-electron chi connectivity index (χ3n) is 5.87. The van der Waals surface area contributed by atoms with Gasteiger partial charge in [-0.15, -0.1) is 0 Å². The number of nitrogens with one attached hydrogen (secondary N) is 2. The van der Waals surface area contributed by atoms with E-state index in [1.165, 1.54) is 0 Å². The highest BCUT2D eigenvalue weighted by atomic mass is 16.2. The van der Waals surface area contributed by atoms with Gasteiger partial charge in [0.1, 0.15) is 5.82 Å². The molecule has 3 aromatic carbocycles. The summed E-state index contributed by atoms with van der Waals surface area (Å²) in [5.74, 6) is 0.647. The topological polar surface area (TPSA) is 78.1 Å². The fourth-order valence-corrected chi connectivity index (χ4v) is 4.14. The Morgan fingerprint density at radius 1 is 0.939 bits per heavy atom. The largest absolute Gasteiger partial charge is 0.345 e. The van der Waals surface area contributed by atoms with Crippen LogP contribution in [-0.2, 0) is 12.8 Å². The van der Waals surface area contributed by atoms with Crippen molar-refractivity contribution in [1.29, 1.82) is 0 Å². The van der Waals surface area contributed by atoms with E-state index in [0.717, 1.165) is 40.6 Å². The summed E-state index contributed by atoms with van der Waals surface area (Å²) in [6, 6.07) is 24.0. The molecule has 0 saturated carbocycles. The van der Waals surface area contributed by atoms with Crippen LogP contribution in [0, 0.1) is 0 Å². The number of hydrogen-bond donors (Lipinski definition) is 2. The Morgan fingerprint density at radius 2 is 1.64 bits per heavy atom.